The highest BCUT2D eigenvalue weighted by Crippen LogP contribution is 2.23. The molecule has 2 aromatic heterocycles. The third kappa shape index (κ3) is 5.06. The summed E-state index contributed by atoms with van der Waals surface area (Å²) in [6.45, 7) is 0.576. The van der Waals surface area contributed by atoms with Gasteiger partial charge in [0.2, 0.25) is 11.9 Å². The molecule has 1 aromatic carbocycles. The van der Waals surface area contributed by atoms with Crippen LogP contribution in [0.3, 0.4) is 0 Å². The van der Waals surface area contributed by atoms with Crippen LogP contribution >= 0.6 is 39.1 Å². The molecule has 10 nitrogen and oxygen atoms in total. The number of aromatic nitrogens is 5. The van der Waals surface area contributed by atoms with Crippen LogP contribution in [0, 0.1) is 10.1 Å². The van der Waals surface area contributed by atoms with Crippen molar-refractivity contribution in [2.45, 2.75) is 19.5 Å². The van der Waals surface area contributed by atoms with Crippen molar-refractivity contribution >= 4 is 56.8 Å². The number of rotatable bonds is 7. The summed E-state index contributed by atoms with van der Waals surface area (Å²) < 4.78 is 3.11. The number of hydrogen-bond donors (Lipinski definition) is 1. The summed E-state index contributed by atoms with van der Waals surface area (Å²) in [4.78, 5) is 26.2. The van der Waals surface area contributed by atoms with Gasteiger partial charge in [-0.05, 0) is 38.5 Å². The predicted molar refractivity (Wildman–Crippen MR) is 105 cm³/mol. The number of hydrogen-bond acceptors (Lipinski definition) is 6. The van der Waals surface area contributed by atoms with Gasteiger partial charge < -0.3 is 10.1 Å². The minimum absolute atomic E-state index is 0.0482. The Hall–Kier alpha value is -2.50. The molecule has 28 heavy (non-hydrogen) atoms. The highest BCUT2D eigenvalue weighted by Gasteiger charge is 2.19. The lowest BCUT2D eigenvalue weighted by Crippen LogP contribution is -2.16. The monoisotopic (exact) mass is 487 g/mol. The van der Waals surface area contributed by atoms with E-state index in [4.69, 9.17) is 23.2 Å². The molecular formula is C15H12BrCl2N7O3. The Labute approximate surface area is 176 Å². The summed E-state index contributed by atoms with van der Waals surface area (Å²) in [6.07, 6.45) is 2.97. The smallest absolute Gasteiger partial charge is 0.358 e. The highest BCUT2D eigenvalue weighted by atomic mass is 79.9. The molecule has 0 aliphatic rings. The molecule has 146 valence electrons. The Morgan fingerprint density at radius 3 is 2.71 bits per heavy atom. The summed E-state index contributed by atoms with van der Waals surface area (Å²) in [5.74, 6) is -0.498. The fraction of sp³-hybridized carbons (Fsp3) is 0.200. The van der Waals surface area contributed by atoms with Crippen molar-refractivity contribution in [2.24, 2.45) is 0 Å². The van der Waals surface area contributed by atoms with E-state index in [0.717, 1.165) is 5.56 Å². The summed E-state index contributed by atoms with van der Waals surface area (Å²) >= 11 is 14.9. The maximum Gasteiger partial charge on any atom is 0.404 e. The van der Waals surface area contributed by atoms with Crippen LogP contribution in [0.25, 0.3) is 0 Å². The number of nitro groups is 1. The van der Waals surface area contributed by atoms with Gasteiger partial charge in [-0.2, -0.15) is 4.68 Å². The Morgan fingerprint density at radius 2 is 2.04 bits per heavy atom. The zero-order valence-electron chi connectivity index (χ0n) is 14.0. The third-order valence-corrected chi connectivity index (χ3v) is 4.85. The Kier molecular flexibility index (Phi) is 6.27. The molecule has 1 amide bonds. The molecule has 0 spiro atoms. The lowest BCUT2D eigenvalue weighted by Gasteiger charge is -2.03. The molecule has 0 fully saturated rings. The molecule has 0 aliphatic carbocycles. The second-order valence-corrected chi connectivity index (χ2v) is 7.30. The van der Waals surface area contributed by atoms with E-state index in [1.165, 1.54) is 17.2 Å². The quantitative estimate of drug-likeness (QED) is 0.401. The highest BCUT2D eigenvalue weighted by molar-refractivity contribution is 9.10. The molecule has 0 unspecified atom stereocenters. The van der Waals surface area contributed by atoms with E-state index in [9.17, 15) is 14.9 Å². The molecule has 0 saturated heterocycles. The van der Waals surface area contributed by atoms with Crippen molar-refractivity contribution in [1.82, 2.24) is 24.5 Å². The minimum atomic E-state index is -0.606. The van der Waals surface area contributed by atoms with Gasteiger partial charge in [-0.3, -0.25) is 10.1 Å². The maximum absolute atomic E-state index is 12.0. The largest absolute Gasteiger partial charge is 0.404 e. The normalized spacial score (nSPS) is 10.8. The lowest BCUT2D eigenvalue weighted by atomic mass is 10.2. The van der Waals surface area contributed by atoms with Crippen LogP contribution in [0.2, 0.25) is 10.0 Å². The van der Waals surface area contributed by atoms with Crippen LogP contribution in [-0.4, -0.2) is 35.4 Å². The summed E-state index contributed by atoms with van der Waals surface area (Å²) in [5, 5.41) is 22.2. The molecule has 0 aliphatic heterocycles. The number of anilines is 1. The minimum Gasteiger partial charge on any atom is -0.358 e. The van der Waals surface area contributed by atoms with E-state index in [2.05, 4.69) is 36.4 Å². The van der Waals surface area contributed by atoms with Crippen LogP contribution in [0.4, 0.5) is 11.8 Å². The average molecular weight is 489 g/mol. The molecule has 0 atom stereocenters. The molecule has 3 aromatic rings. The van der Waals surface area contributed by atoms with E-state index in [1.807, 2.05) is 6.07 Å². The van der Waals surface area contributed by atoms with Crippen molar-refractivity contribution in [2.75, 3.05) is 5.32 Å². The third-order valence-electron chi connectivity index (χ3n) is 3.56. The molecule has 0 radical (unpaired) electrons. The number of carbonyl (C=O) groups excluding carboxylic acids is 1. The summed E-state index contributed by atoms with van der Waals surface area (Å²) in [5.41, 5.74) is 0.878. The Bertz CT molecular complexity index is 1040. The molecule has 13 heteroatoms. The van der Waals surface area contributed by atoms with Gasteiger partial charge >= 0.3 is 5.82 Å². The fourth-order valence-corrected chi connectivity index (χ4v) is 3.06. The van der Waals surface area contributed by atoms with Crippen LogP contribution in [-0.2, 0) is 17.9 Å². The number of aryl methyl sites for hydroxylation is 1. The number of nitrogens with zero attached hydrogens (tertiary/aromatic N) is 6. The number of nitrogens with one attached hydrogen (secondary N) is 1. The fourth-order valence-electron chi connectivity index (χ4n) is 2.28. The van der Waals surface area contributed by atoms with Gasteiger partial charge in [0.15, 0.2) is 0 Å². The molecule has 0 bridgehead atoms. The predicted octanol–water partition coefficient (Wildman–Crippen LogP) is 3.53. The molecule has 2 heterocycles. The summed E-state index contributed by atoms with van der Waals surface area (Å²) in [7, 11) is 0. The molecule has 3 rings (SSSR count). The average Bonchev–Trinajstić information content (AvgIpc) is 3.22. The van der Waals surface area contributed by atoms with E-state index in [0.29, 0.717) is 16.6 Å². The molecule has 1 N–H and O–H groups in total. The van der Waals surface area contributed by atoms with Crippen molar-refractivity contribution in [3.05, 3.63) is 60.9 Å². The van der Waals surface area contributed by atoms with Gasteiger partial charge in [0.25, 0.3) is 0 Å². The van der Waals surface area contributed by atoms with E-state index in [-0.39, 0.29) is 35.1 Å². The number of amides is 1. The van der Waals surface area contributed by atoms with Crippen molar-refractivity contribution < 1.29 is 9.72 Å². The first-order valence-electron chi connectivity index (χ1n) is 7.82. The van der Waals surface area contributed by atoms with Crippen LogP contribution in [0.15, 0.2) is 35.2 Å². The van der Waals surface area contributed by atoms with Crippen molar-refractivity contribution in [3.8, 4) is 0 Å². The van der Waals surface area contributed by atoms with Crippen LogP contribution < -0.4 is 5.32 Å². The Morgan fingerprint density at radius 1 is 1.25 bits per heavy atom. The maximum atomic E-state index is 12.0. The second-order valence-electron chi connectivity index (χ2n) is 5.63. The van der Waals surface area contributed by atoms with Crippen LogP contribution in [0.1, 0.15) is 12.0 Å². The second kappa shape index (κ2) is 8.67. The standard InChI is InChI=1S/C15H12BrCl2N7O3/c16-10-7-23(21-14(10)25(27)28)4-3-13(26)20-15-19-8-24(22-15)6-9-1-2-11(17)12(18)5-9/h1-2,5,7-8H,3-4,6H2,(H,20,22,26). The number of carbonyl (C=O) groups is 1. The van der Waals surface area contributed by atoms with E-state index >= 15 is 0 Å². The Balaban J connectivity index is 1.54. The van der Waals surface area contributed by atoms with Gasteiger partial charge in [0.05, 0.1) is 34.4 Å². The van der Waals surface area contributed by atoms with Crippen molar-refractivity contribution in [1.29, 1.82) is 0 Å². The lowest BCUT2D eigenvalue weighted by molar-refractivity contribution is -0.390. The first-order chi connectivity index (χ1) is 13.3. The van der Waals surface area contributed by atoms with E-state index < -0.39 is 4.92 Å². The SMILES string of the molecule is O=C(CCn1cc(Br)c([N+](=O)[O-])n1)Nc1ncn(Cc2ccc(Cl)c(Cl)c2)n1. The first kappa shape index (κ1) is 20.2. The van der Waals surface area contributed by atoms with Gasteiger partial charge in [-0.1, -0.05) is 29.3 Å². The van der Waals surface area contributed by atoms with Gasteiger partial charge in [-0.15, -0.1) is 5.10 Å². The topological polar surface area (TPSA) is 121 Å². The first-order valence-corrected chi connectivity index (χ1v) is 9.37. The van der Waals surface area contributed by atoms with E-state index in [1.54, 1.807) is 16.8 Å². The van der Waals surface area contributed by atoms with Gasteiger partial charge in [-0.25, -0.2) is 9.67 Å². The zero-order valence-corrected chi connectivity index (χ0v) is 17.1. The summed E-state index contributed by atoms with van der Waals surface area (Å²) in [6, 6.07) is 5.23. The number of halogens is 3. The van der Waals surface area contributed by atoms with Gasteiger partial charge in [0.1, 0.15) is 10.8 Å². The molecule has 0 saturated carbocycles. The van der Waals surface area contributed by atoms with Crippen molar-refractivity contribution in [3.63, 3.8) is 0 Å². The number of benzene rings is 1. The zero-order chi connectivity index (χ0) is 20.3. The van der Waals surface area contributed by atoms with Crippen LogP contribution in [0.5, 0.6) is 0 Å². The van der Waals surface area contributed by atoms with Gasteiger partial charge in [0, 0.05) is 6.42 Å². The molecular weight excluding hydrogens is 477 g/mol.